The Bertz CT molecular complexity index is 974. The lowest BCUT2D eigenvalue weighted by Crippen LogP contribution is -2.37. The third-order valence-electron chi connectivity index (χ3n) is 6.28. The van der Waals surface area contributed by atoms with Crippen molar-refractivity contribution >= 4 is 17.2 Å². The smallest absolute Gasteiger partial charge is 0.225 e. The van der Waals surface area contributed by atoms with Crippen LogP contribution in [0.15, 0.2) is 48.6 Å². The Balaban J connectivity index is 1.43. The van der Waals surface area contributed by atoms with Gasteiger partial charge in [0.1, 0.15) is 5.82 Å². The molecule has 4 rings (SSSR count). The van der Waals surface area contributed by atoms with Gasteiger partial charge < -0.3 is 15.5 Å². The molecular formula is C25H32FN5. The maximum Gasteiger partial charge on any atom is 0.225 e. The van der Waals surface area contributed by atoms with Crippen molar-refractivity contribution in [2.24, 2.45) is 5.92 Å². The van der Waals surface area contributed by atoms with Crippen LogP contribution in [0.5, 0.6) is 0 Å². The first-order chi connectivity index (χ1) is 14.9. The minimum absolute atomic E-state index is 0.101. The quantitative estimate of drug-likeness (QED) is 0.649. The van der Waals surface area contributed by atoms with Gasteiger partial charge >= 0.3 is 0 Å². The molecule has 1 saturated heterocycles. The van der Waals surface area contributed by atoms with Gasteiger partial charge in [0.05, 0.1) is 29.9 Å². The molecule has 5 nitrogen and oxygen atoms in total. The minimum atomic E-state index is -0.188. The summed E-state index contributed by atoms with van der Waals surface area (Å²) in [6, 6.07) is 5.18. The average molecular weight is 422 g/mol. The van der Waals surface area contributed by atoms with E-state index in [-0.39, 0.29) is 11.9 Å². The molecule has 2 aliphatic rings. The first kappa shape index (κ1) is 21.3. The van der Waals surface area contributed by atoms with Crippen LogP contribution in [0, 0.1) is 11.7 Å². The summed E-state index contributed by atoms with van der Waals surface area (Å²) in [6.45, 7) is 12.7. The van der Waals surface area contributed by atoms with Crippen LogP contribution in [0.2, 0.25) is 0 Å². The van der Waals surface area contributed by atoms with Gasteiger partial charge in [0.15, 0.2) is 0 Å². The Hall–Kier alpha value is -2.89. The summed E-state index contributed by atoms with van der Waals surface area (Å²) in [4.78, 5) is 11.3. The van der Waals surface area contributed by atoms with Crippen LogP contribution < -0.4 is 15.5 Å². The molecule has 1 aromatic heterocycles. The molecule has 0 radical (unpaired) electrons. The molecule has 1 aliphatic carbocycles. The van der Waals surface area contributed by atoms with E-state index in [1.165, 1.54) is 30.4 Å². The normalized spacial score (nSPS) is 17.0. The molecule has 0 bridgehead atoms. The molecule has 2 aromatic rings. The Kier molecular flexibility index (Phi) is 6.25. The van der Waals surface area contributed by atoms with E-state index in [1.807, 2.05) is 18.5 Å². The summed E-state index contributed by atoms with van der Waals surface area (Å²) in [7, 11) is 0. The van der Waals surface area contributed by atoms with Crippen molar-refractivity contribution < 1.29 is 4.39 Å². The van der Waals surface area contributed by atoms with Crippen molar-refractivity contribution in [1.82, 2.24) is 15.3 Å². The highest BCUT2D eigenvalue weighted by Gasteiger charge is 2.27. The Morgan fingerprint density at radius 1 is 1.13 bits per heavy atom. The highest BCUT2D eigenvalue weighted by Crippen LogP contribution is 2.36. The number of hydrogen-bond donors (Lipinski definition) is 2. The second-order valence-corrected chi connectivity index (χ2v) is 8.92. The van der Waals surface area contributed by atoms with Gasteiger partial charge in [0.2, 0.25) is 5.95 Å². The zero-order chi connectivity index (χ0) is 22.0. The number of benzene rings is 1. The van der Waals surface area contributed by atoms with Crippen LogP contribution in [0.3, 0.4) is 0 Å². The third-order valence-corrected chi connectivity index (χ3v) is 6.28. The number of halogens is 1. The number of rotatable bonds is 7. The fourth-order valence-electron chi connectivity index (χ4n) is 4.60. The third kappa shape index (κ3) is 4.73. The van der Waals surface area contributed by atoms with Gasteiger partial charge in [-0.1, -0.05) is 26.5 Å². The number of hydrogen-bond acceptors (Lipinski definition) is 5. The molecular weight excluding hydrogens is 389 g/mol. The van der Waals surface area contributed by atoms with Crippen molar-refractivity contribution in [2.45, 2.75) is 52.5 Å². The van der Waals surface area contributed by atoms with Gasteiger partial charge in [0, 0.05) is 13.1 Å². The summed E-state index contributed by atoms with van der Waals surface area (Å²) >= 11 is 0. The summed E-state index contributed by atoms with van der Waals surface area (Å²) in [5.74, 6) is 1.66. The maximum atomic E-state index is 13.7. The van der Waals surface area contributed by atoms with E-state index in [1.54, 1.807) is 12.1 Å². The number of anilines is 2. The topological polar surface area (TPSA) is 53.1 Å². The number of piperidine rings is 1. The van der Waals surface area contributed by atoms with Crippen LogP contribution in [0.4, 0.5) is 16.0 Å². The Labute approximate surface area is 184 Å². The number of fused-ring (bicyclic) bond motifs is 1. The molecule has 1 atom stereocenters. The van der Waals surface area contributed by atoms with Crippen molar-refractivity contribution in [1.29, 1.82) is 0 Å². The second kappa shape index (κ2) is 9.08. The van der Waals surface area contributed by atoms with Crippen molar-refractivity contribution in [3.05, 3.63) is 65.5 Å². The van der Waals surface area contributed by atoms with Crippen LogP contribution in [-0.2, 0) is 6.42 Å². The summed E-state index contributed by atoms with van der Waals surface area (Å²) in [6.07, 6.45) is 8.14. The van der Waals surface area contributed by atoms with Gasteiger partial charge in [-0.05, 0) is 72.9 Å². The molecule has 31 heavy (non-hydrogen) atoms. The summed E-state index contributed by atoms with van der Waals surface area (Å²) in [5, 5.41) is 6.84. The SMILES string of the molecule is C=C(Nc1cnc(N2CCCCC2)nc1)NC(C1=C(C)c2cc(F)ccc2C1)C(C)C. The molecule has 6 heteroatoms. The highest BCUT2D eigenvalue weighted by molar-refractivity contribution is 5.76. The predicted octanol–water partition coefficient (Wildman–Crippen LogP) is 5.13. The van der Waals surface area contributed by atoms with Gasteiger partial charge in [0.25, 0.3) is 0 Å². The molecule has 0 amide bonds. The fraction of sp³-hybridized carbons (Fsp3) is 0.440. The van der Waals surface area contributed by atoms with Crippen molar-refractivity contribution in [3.8, 4) is 0 Å². The molecule has 1 fully saturated rings. The van der Waals surface area contributed by atoms with Crippen LogP contribution in [0.25, 0.3) is 5.57 Å². The standard InChI is InChI=1S/C25H32FN5/c1-16(2)24(23-12-19-8-9-20(26)13-22(19)17(23)3)30-18(4)29-21-14-27-25(28-15-21)31-10-6-5-7-11-31/h8-9,13-16,24,29-30H,4-7,10-12H2,1-3H3. The van der Waals surface area contributed by atoms with Gasteiger partial charge in [-0.2, -0.15) is 0 Å². The van der Waals surface area contributed by atoms with E-state index in [9.17, 15) is 4.39 Å². The zero-order valence-electron chi connectivity index (χ0n) is 18.7. The lowest BCUT2D eigenvalue weighted by atomic mass is 9.92. The first-order valence-corrected chi connectivity index (χ1v) is 11.2. The predicted molar refractivity (Wildman–Crippen MR) is 125 cm³/mol. The molecule has 2 heterocycles. The molecule has 0 spiro atoms. The van der Waals surface area contributed by atoms with Crippen molar-refractivity contribution in [3.63, 3.8) is 0 Å². The Morgan fingerprint density at radius 3 is 2.52 bits per heavy atom. The summed E-state index contributed by atoms with van der Waals surface area (Å²) < 4.78 is 13.7. The van der Waals surface area contributed by atoms with Gasteiger partial charge in [-0.25, -0.2) is 14.4 Å². The maximum absolute atomic E-state index is 13.7. The highest BCUT2D eigenvalue weighted by atomic mass is 19.1. The minimum Gasteiger partial charge on any atom is -0.365 e. The van der Waals surface area contributed by atoms with E-state index in [0.717, 1.165) is 42.3 Å². The largest absolute Gasteiger partial charge is 0.365 e. The van der Waals surface area contributed by atoms with E-state index in [0.29, 0.717) is 11.7 Å². The van der Waals surface area contributed by atoms with Gasteiger partial charge in [-0.15, -0.1) is 0 Å². The number of aromatic nitrogens is 2. The molecule has 0 saturated carbocycles. The Morgan fingerprint density at radius 2 is 1.84 bits per heavy atom. The molecule has 1 aromatic carbocycles. The molecule has 1 unspecified atom stereocenters. The van der Waals surface area contributed by atoms with Crippen LogP contribution in [-0.4, -0.2) is 29.1 Å². The van der Waals surface area contributed by atoms with E-state index in [4.69, 9.17) is 0 Å². The molecule has 1 aliphatic heterocycles. The molecule has 164 valence electrons. The second-order valence-electron chi connectivity index (χ2n) is 8.92. The average Bonchev–Trinajstić information content (AvgIpc) is 3.08. The number of allylic oxidation sites excluding steroid dienone is 1. The van der Waals surface area contributed by atoms with Crippen LogP contribution in [0.1, 0.15) is 51.2 Å². The fourth-order valence-corrected chi connectivity index (χ4v) is 4.60. The number of nitrogens with zero attached hydrogens (tertiary/aromatic N) is 3. The monoisotopic (exact) mass is 421 g/mol. The zero-order valence-corrected chi connectivity index (χ0v) is 18.7. The van der Waals surface area contributed by atoms with Crippen LogP contribution >= 0.6 is 0 Å². The van der Waals surface area contributed by atoms with E-state index < -0.39 is 0 Å². The van der Waals surface area contributed by atoms with Gasteiger partial charge in [-0.3, -0.25) is 0 Å². The lowest BCUT2D eigenvalue weighted by molar-refractivity contribution is 0.479. The first-order valence-electron chi connectivity index (χ1n) is 11.2. The number of nitrogens with one attached hydrogen (secondary N) is 2. The van der Waals surface area contributed by atoms with E-state index in [2.05, 4.69) is 52.9 Å². The summed E-state index contributed by atoms with van der Waals surface area (Å²) in [5.41, 5.74) is 5.45. The van der Waals surface area contributed by atoms with Crippen molar-refractivity contribution in [2.75, 3.05) is 23.3 Å². The lowest BCUT2D eigenvalue weighted by Gasteiger charge is -2.28. The molecule has 2 N–H and O–H groups in total. The van der Waals surface area contributed by atoms with E-state index >= 15 is 0 Å².